The Bertz CT molecular complexity index is 819. The Hall–Kier alpha value is -2.35. The molecule has 7 nitrogen and oxygen atoms in total. The third-order valence-electron chi connectivity index (χ3n) is 4.54. The number of benzene rings is 1. The van der Waals surface area contributed by atoms with Crippen molar-refractivity contribution in [3.8, 4) is 0 Å². The van der Waals surface area contributed by atoms with Crippen molar-refractivity contribution in [3.63, 3.8) is 0 Å². The van der Waals surface area contributed by atoms with E-state index in [9.17, 15) is 9.59 Å². The second kappa shape index (κ2) is 11.0. The van der Waals surface area contributed by atoms with Gasteiger partial charge in [0, 0.05) is 28.9 Å². The van der Waals surface area contributed by atoms with Crippen molar-refractivity contribution in [1.29, 1.82) is 0 Å². The number of allylic oxidation sites excluding steroid dienone is 1. The molecule has 1 aliphatic heterocycles. The molecule has 2 rings (SSSR count). The van der Waals surface area contributed by atoms with Gasteiger partial charge in [0.05, 0.1) is 38.9 Å². The molecule has 1 heterocycles. The summed E-state index contributed by atoms with van der Waals surface area (Å²) in [6.45, 7) is 4.72. The molecule has 0 bridgehead atoms. The average molecular weight is 423 g/mol. The van der Waals surface area contributed by atoms with Crippen LogP contribution in [0.15, 0.2) is 46.8 Å². The molecule has 1 aliphatic rings. The molecule has 1 aromatic rings. The molecule has 0 saturated heterocycles. The van der Waals surface area contributed by atoms with E-state index in [1.807, 2.05) is 12.1 Å². The molecular weight excluding hydrogens is 396 g/mol. The summed E-state index contributed by atoms with van der Waals surface area (Å²) >= 11 is 6.47. The van der Waals surface area contributed by atoms with E-state index in [2.05, 4.69) is 5.32 Å². The van der Waals surface area contributed by atoms with Crippen LogP contribution in [0.25, 0.3) is 0 Å². The zero-order valence-corrected chi connectivity index (χ0v) is 17.7. The lowest BCUT2D eigenvalue weighted by Crippen LogP contribution is -2.32. The maximum absolute atomic E-state index is 12.6. The van der Waals surface area contributed by atoms with Gasteiger partial charge in [-0.05, 0) is 31.1 Å². The number of nitrogens with one attached hydrogen (secondary N) is 1. The van der Waals surface area contributed by atoms with Crippen molar-refractivity contribution in [2.24, 2.45) is 5.73 Å². The van der Waals surface area contributed by atoms with E-state index >= 15 is 0 Å². The van der Waals surface area contributed by atoms with Crippen molar-refractivity contribution in [1.82, 2.24) is 5.32 Å². The first-order valence-corrected chi connectivity index (χ1v) is 9.78. The van der Waals surface area contributed by atoms with Gasteiger partial charge < -0.3 is 25.3 Å². The lowest BCUT2D eigenvalue weighted by molar-refractivity contribution is -0.142. The van der Waals surface area contributed by atoms with Crippen LogP contribution in [-0.2, 0) is 23.8 Å². The van der Waals surface area contributed by atoms with Gasteiger partial charge in [-0.25, -0.2) is 4.79 Å². The van der Waals surface area contributed by atoms with E-state index in [0.29, 0.717) is 46.3 Å². The number of dihydropyridines is 1. The standard InChI is InChI=1S/C21H27ClN2O5/c1-4-29-18(25)11-15-17(12-28-10-9-23)24-13(2)19(21(26)27-3)20(15)14-7-5-6-8-16(14)22/h5-8,20,24H,4,9-12,23H2,1-3H3. The van der Waals surface area contributed by atoms with Crippen LogP contribution in [0, 0.1) is 0 Å². The van der Waals surface area contributed by atoms with Gasteiger partial charge in [-0.15, -0.1) is 0 Å². The summed E-state index contributed by atoms with van der Waals surface area (Å²) in [5, 5.41) is 3.68. The van der Waals surface area contributed by atoms with Gasteiger partial charge in [0.25, 0.3) is 0 Å². The van der Waals surface area contributed by atoms with E-state index in [1.54, 1.807) is 26.0 Å². The molecule has 8 heteroatoms. The van der Waals surface area contributed by atoms with Crippen LogP contribution in [0.5, 0.6) is 0 Å². The quantitative estimate of drug-likeness (QED) is 0.466. The minimum Gasteiger partial charge on any atom is -0.466 e. The zero-order valence-electron chi connectivity index (χ0n) is 16.9. The second-order valence-corrected chi connectivity index (χ2v) is 6.84. The zero-order chi connectivity index (χ0) is 21.4. The van der Waals surface area contributed by atoms with Gasteiger partial charge in [0.15, 0.2) is 0 Å². The highest BCUT2D eigenvalue weighted by molar-refractivity contribution is 6.31. The molecule has 158 valence electrons. The predicted octanol–water partition coefficient (Wildman–Crippen LogP) is 2.66. The predicted molar refractivity (Wildman–Crippen MR) is 110 cm³/mol. The number of rotatable bonds is 9. The van der Waals surface area contributed by atoms with Crippen LogP contribution in [0.2, 0.25) is 5.02 Å². The summed E-state index contributed by atoms with van der Waals surface area (Å²) < 4.78 is 15.8. The SMILES string of the molecule is CCOC(=O)CC1=C(COCCN)NC(C)=C(C(=O)OC)C1c1ccccc1Cl. The van der Waals surface area contributed by atoms with E-state index in [0.717, 1.165) is 0 Å². The fourth-order valence-electron chi connectivity index (χ4n) is 3.33. The summed E-state index contributed by atoms with van der Waals surface area (Å²) in [6.07, 6.45) is -0.0220. The second-order valence-electron chi connectivity index (χ2n) is 6.44. The Kier molecular flexibility index (Phi) is 8.70. The highest BCUT2D eigenvalue weighted by Crippen LogP contribution is 2.42. The number of esters is 2. The summed E-state index contributed by atoms with van der Waals surface area (Å²) in [5.41, 5.74) is 8.56. The Morgan fingerprint density at radius 1 is 1.28 bits per heavy atom. The molecule has 29 heavy (non-hydrogen) atoms. The fraction of sp³-hybridized carbons (Fsp3) is 0.429. The van der Waals surface area contributed by atoms with Gasteiger partial charge in [-0.2, -0.15) is 0 Å². The molecule has 0 fully saturated rings. The van der Waals surface area contributed by atoms with Crippen LogP contribution in [0.1, 0.15) is 31.7 Å². The maximum atomic E-state index is 12.6. The lowest BCUT2D eigenvalue weighted by Gasteiger charge is -2.32. The van der Waals surface area contributed by atoms with E-state index in [1.165, 1.54) is 7.11 Å². The maximum Gasteiger partial charge on any atom is 0.336 e. The molecule has 0 saturated carbocycles. The summed E-state index contributed by atoms with van der Waals surface area (Å²) in [6, 6.07) is 7.22. The first-order valence-electron chi connectivity index (χ1n) is 9.40. The Labute approximate surface area is 175 Å². The van der Waals surface area contributed by atoms with Crippen molar-refractivity contribution >= 4 is 23.5 Å². The van der Waals surface area contributed by atoms with E-state index in [4.69, 9.17) is 31.5 Å². The molecule has 1 aromatic carbocycles. The van der Waals surface area contributed by atoms with E-state index < -0.39 is 17.9 Å². The Balaban J connectivity index is 2.62. The third kappa shape index (κ3) is 5.59. The average Bonchev–Trinajstić information content (AvgIpc) is 2.70. The van der Waals surface area contributed by atoms with Crippen molar-refractivity contribution in [2.75, 3.05) is 33.5 Å². The van der Waals surface area contributed by atoms with Gasteiger partial charge in [-0.3, -0.25) is 4.79 Å². The summed E-state index contributed by atoms with van der Waals surface area (Å²) in [4.78, 5) is 25.0. The number of halogens is 1. The molecule has 0 radical (unpaired) electrons. The molecule has 1 atom stereocenters. The number of hydrogen-bond acceptors (Lipinski definition) is 7. The minimum absolute atomic E-state index is 0.0220. The van der Waals surface area contributed by atoms with Crippen LogP contribution >= 0.6 is 11.6 Å². The van der Waals surface area contributed by atoms with Crippen LogP contribution in [0.3, 0.4) is 0 Å². The van der Waals surface area contributed by atoms with Gasteiger partial charge >= 0.3 is 11.9 Å². The number of carbonyl (C=O) groups is 2. The van der Waals surface area contributed by atoms with Crippen LogP contribution < -0.4 is 11.1 Å². The van der Waals surface area contributed by atoms with Crippen molar-refractivity contribution < 1.29 is 23.8 Å². The molecule has 0 amide bonds. The normalized spacial score (nSPS) is 16.5. The molecule has 0 aliphatic carbocycles. The van der Waals surface area contributed by atoms with Crippen molar-refractivity contribution in [3.05, 3.63) is 57.4 Å². The molecule has 1 unspecified atom stereocenters. The Morgan fingerprint density at radius 2 is 2.00 bits per heavy atom. The fourth-order valence-corrected chi connectivity index (χ4v) is 3.58. The largest absolute Gasteiger partial charge is 0.466 e. The molecule has 0 spiro atoms. The number of hydrogen-bond donors (Lipinski definition) is 2. The van der Waals surface area contributed by atoms with Gasteiger partial charge in [0.1, 0.15) is 0 Å². The third-order valence-corrected chi connectivity index (χ3v) is 4.88. The minimum atomic E-state index is -0.571. The topological polar surface area (TPSA) is 99.9 Å². The van der Waals surface area contributed by atoms with Crippen molar-refractivity contribution in [2.45, 2.75) is 26.2 Å². The molecule has 0 aromatic heterocycles. The highest BCUT2D eigenvalue weighted by atomic mass is 35.5. The van der Waals surface area contributed by atoms with Crippen LogP contribution in [-0.4, -0.2) is 45.4 Å². The van der Waals surface area contributed by atoms with Crippen LogP contribution in [0.4, 0.5) is 0 Å². The Morgan fingerprint density at radius 3 is 2.62 bits per heavy atom. The summed E-state index contributed by atoms with van der Waals surface area (Å²) in [7, 11) is 1.32. The summed E-state index contributed by atoms with van der Waals surface area (Å²) in [5.74, 6) is -1.47. The molecular formula is C21H27ClN2O5. The number of ether oxygens (including phenoxy) is 3. The number of methoxy groups -OCH3 is 1. The highest BCUT2D eigenvalue weighted by Gasteiger charge is 2.36. The first-order chi connectivity index (χ1) is 13.9. The van der Waals surface area contributed by atoms with E-state index in [-0.39, 0.29) is 19.6 Å². The number of carbonyl (C=O) groups excluding carboxylic acids is 2. The number of nitrogens with two attached hydrogens (primary N) is 1. The van der Waals surface area contributed by atoms with Gasteiger partial charge in [-0.1, -0.05) is 29.8 Å². The van der Waals surface area contributed by atoms with Gasteiger partial charge in [0.2, 0.25) is 0 Å². The molecule has 3 N–H and O–H groups in total. The monoisotopic (exact) mass is 422 g/mol. The smallest absolute Gasteiger partial charge is 0.336 e. The lowest BCUT2D eigenvalue weighted by atomic mass is 9.79. The first kappa shape index (κ1) is 22.9.